The first kappa shape index (κ1) is 16.8. The first-order valence-electron chi connectivity index (χ1n) is 8.50. The molecule has 1 saturated heterocycles. The molecule has 3 atom stereocenters. The van der Waals surface area contributed by atoms with Crippen LogP contribution in [-0.4, -0.2) is 48.1 Å². The number of likely N-dealkylation sites (N-methyl/N-ethyl adjacent to an activating group) is 1. The summed E-state index contributed by atoms with van der Waals surface area (Å²) in [5.41, 5.74) is 0.577. The monoisotopic (exact) mass is 291 g/mol. The van der Waals surface area contributed by atoms with E-state index < -0.39 is 0 Å². The molecule has 3 unspecified atom stereocenters. The van der Waals surface area contributed by atoms with Crippen LogP contribution in [0.2, 0.25) is 0 Å². The molecular formula is C18H33N3. The fraction of sp³-hybridized carbons (Fsp3) is 0.944. The zero-order valence-corrected chi connectivity index (χ0v) is 14.8. The molecule has 1 aliphatic carbocycles. The van der Waals surface area contributed by atoms with Crippen LogP contribution in [0, 0.1) is 28.6 Å². The number of nitriles is 1. The van der Waals surface area contributed by atoms with Crippen molar-refractivity contribution in [1.82, 2.24) is 9.80 Å². The summed E-state index contributed by atoms with van der Waals surface area (Å²) in [5.74, 6) is 0.970. The number of hydrogen-bond acceptors (Lipinski definition) is 3. The van der Waals surface area contributed by atoms with E-state index in [4.69, 9.17) is 0 Å². The third-order valence-corrected chi connectivity index (χ3v) is 6.02. The minimum atomic E-state index is 0.215. The van der Waals surface area contributed by atoms with Crippen molar-refractivity contribution < 1.29 is 0 Å². The summed E-state index contributed by atoms with van der Waals surface area (Å²) in [5, 5.41) is 9.58. The van der Waals surface area contributed by atoms with Crippen LogP contribution in [0.15, 0.2) is 0 Å². The Morgan fingerprint density at radius 2 is 1.81 bits per heavy atom. The molecule has 21 heavy (non-hydrogen) atoms. The standard InChI is InChI=1S/C18H33N3/c1-17(2,3)15-8-7-14(12-19)16(11-15)21-10-9-20(6)18(4,5)13-21/h14-16H,7-11,13H2,1-6H3. The van der Waals surface area contributed by atoms with Gasteiger partial charge in [-0.15, -0.1) is 0 Å². The van der Waals surface area contributed by atoms with E-state index >= 15 is 0 Å². The van der Waals surface area contributed by atoms with Gasteiger partial charge in [-0.3, -0.25) is 9.80 Å². The molecule has 0 N–H and O–H groups in total. The lowest BCUT2D eigenvalue weighted by Gasteiger charge is -2.51. The summed E-state index contributed by atoms with van der Waals surface area (Å²) in [7, 11) is 2.22. The van der Waals surface area contributed by atoms with Crippen LogP contribution in [0.5, 0.6) is 0 Å². The lowest BCUT2D eigenvalue weighted by molar-refractivity contribution is -0.0183. The van der Waals surface area contributed by atoms with Gasteiger partial charge in [-0.25, -0.2) is 0 Å². The van der Waals surface area contributed by atoms with E-state index in [-0.39, 0.29) is 11.5 Å². The van der Waals surface area contributed by atoms with Gasteiger partial charge in [-0.05, 0) is 51.5 Å². The summed E-state index contributed by atoms with van der Waals surface area (Å²) < 4.78 is 0. The normalized spacial score (nSPS) is 35.4. The minimum Gasteiger partial charge on any atom is -0.299 e. The van der Waals surface area contributed by atoms with Crippen molar-refractivity contribution in [3.05, 3.63) is 0 Å². The largest absolute Gasteiger partial charge is 0.299 e. The lowest BCUT2D eigenvalue weighted by atomic mass is 9.67. The molecule has 0 aromatic heterocycles. The molecule has 0 radical (unpaired) electrons. The molecule has 2 aliphatic rings. The average molecular weight is 291 g/mol. The second kappa shape index (κ2) is 5.89. The van der Waals surface area contributed by atoms with Crippen LogP contribution < -0.4 is 0 Å². The fourth-order valence-electron chi connectivity index (χ4n) is 4.05. The molecule has 1 heterocycles. The average Bonchev–Trinajstić information content (AvgIpc) is 2.40. The van der Waals surface area contributed by atoms with E-state index in [1.807, 2.05) is 0 Å². The van der Waals surface area contributed by atoms with Crippen molar-refractivity contribution in [2.75, 3.05) is 26.7 Å². The van der Waals surface area contributed by atoms with Gasteiger partial charge in [-0.1, -0.05) is 20.8 Å². The van der Waals surface area contributed by atoms with E-state index in [9.17, 15) is 5.26 Å². The summed E-state index contributed by atoms with van der Waals surface area (Å²) in [6, 6.07) is 3.07. The Labute approximate surface area is 131 Å². The predicted molar refractivity (Wildman–Crippen MR) is 88.0 cm³/mol. The Balaban J connectivity index is 2.13. The third-order valence-electron chi connectivity index (χ3n) is 6.02. The highest BCUT2D eigenvalue weighted by Gasteiger charge is 2.42. The van der Waals surface area contributed by atoms with Crippen molar-refractivity contribution >= 4 is 0 Å². The van der Waals surface area contributed by atoms with Crippen LogP contribution >= 0.6 is 0 Å². The van der Waals surface area contributed by atoms with E-state index in [0.717, 1.165) is 32.0 Å². The predicted octanol–water partition coefficient (Wildman–Crippen LogP) is 3.37. The van der Waals surface area contributed by atoms with Gasteiger partial charge >= 0.3 is 0 Å². The molecule has 1 saturated carbocycles. The first-order chi connectivity index (χ1) is 9.65. The van der Waals surface area contributed by atoms with Gasteiger partial charge in [0.2, 0.25) is 0 Å². The van der Waals surface area contributed by atoms with E-state index in [0.29, 0.717) is 11.5 Å². The topological polar surface area (TPSA) is 30.3 Å². The van der Waals surface area contributed by atoms with E-state index in [2.05, 4.69) is 57.5 Å². The second-order valence-electron chi connectivity index (χ2n) is 8.88. The molecule has 0 bridgehead atoms. The Morgan fingerprint density at radius 1 is 1.14 bits per heavy atom. The third kappa shape index (κ3) is 3.60. The van der Waals surface area contributed by atoms with Crippen molar-refractivity contribution in [1.29, 1.82) is 5.26 Å². The van der Waals surface area contributed by atoms with Crippen molar-refractivity contribution in [2.45, 2.75) is 65.5 Å². The summed E-state index contributed by atoms with van der Waals surface area (Å²) >= 11 is 0. The number of piperazine rings is 1. The van der Waals surface area contributed by atoms with Crippen LogP contribution in [0.3, 0.4) is 0 Å². The van der Waals surface area contributed by atoms with Crippen LogP contribution in [0.1, 0.15) is 53.9 Å². The summed E-state index contributed by atoms with van der Waals surface area (Å²) in [6.45, 7) is 15.0. The SMILES string of the molecule is CN1CCN(C2CC(C(C)(C)C)CCC2C#N)CC1(C)C. The van der Waals surface area contributed by atoms with Gasteiger partial charge in [-0.2, -0.15) is 5.26 Å². The Morgan fingerprint density at radius 3 is 2.33 bits per heavy atom. The molecule has 0 aromatic carbocycles. The molecular weight excluding hydrogens is 258 g/mol. The molecule has 0 spiro atoms. The highest BCUT2D eigenvalue weighted by Crippen LogP contribution is 2.42. The molecule has 1 aliphatic heterocycles. The van der Waals surface area contributed by atoms with Crippen LogP contribution in [0.4, 0.5) is 0 Å². The maximum Gasteiger partial charge on any atom is 0.0672 e. The number of hydrogen-bond donors (Lipinski definition) is 0. The molecule has 120 valence electrons. The Hall–Kier alpha value is -0.590. The van der Waals surface area contributed by atoms with Gasteiger partial charge in [0.1, 0.15) is 0 Å². The molecule has 3 nitrogen and oxygen atoms in total. The molecule has 2 rings (SSSR count). The first-order valence-corrected chi connectivity index (χ1v) is 8.50. The number of nitrogens with zero attached hydrogens (tertiary/aromatic N) is 3. The van der Waals surface area contributed by atoms with Crippen LogP contribution in [-0.2, 0) is 0 Å². The highest BCUT2D eigenvalue weighted by molar-refractivity contribution is 5.02. The molecule has 3 heteroatoms. The molecule has 0 aromatic rings. The molecule has 2 fully saturated rings. The van der Waals surface area contributed by atoms with Gasteiger partial charge in [0, 0.05) is 31.2 Å². The number of rotatable bonds is 1. The zero-order valence-electron chi connectivity index (χ0n) is 14.8. The molecule has 0 amide bonds. The lowest BCUT2D eigenvalue weighted by Crippen LogP contribution is -2.61. The van der Waals surface area contributed by atoms with Gasteiger partial charge in [0.15, 0.2) is 0 Å². The Kier molecular flexibility index (Phi) is 4.71. The second-order valence-corrected chi connectivity index (χ2v) is 8.88. The van der Waals surface area contributed by atoms with Crippen molar-refractivity contribution in [3.8, 4) is 6.07 Å². The van der Waals surface area contributed by atoms with Crippen LogP contribution in [0.25, 0.3) is 0 Å². The quantitative estimate of drug-likeness (QED) is 0.742. The fourth-order valence-corrected chi connectivity index (χ4v) is 4.05. The summed E-state index contributed by atoms with van der Waals surface area (Å²) in [6.07, 6.45) is 3.49. The smallest absolute Gasteiger partial charge is 0.0672 e. The van der Waals surface area contributed by atoms with E-state index in [1.165, 1.54) is 12.8 Å². The van der Waals surface area contributed by atoms with Crippen molar-refractivity contribution in [3.63, 3.8) is 0 Å². The van der Waals surface area contributed by atoms with Gasteiger partial charge in [0.05, 0.1) is 12.0 Å². The van der Waals surface area contributed by atoms with Gasteiger partial charge < -0.3 is 0 Å². The van der Waals surface area contributed by atoms with E-state index in [1.54, 1.807) is 0 Å². The van der Waals surface area contributed by atoms with Crippen molar-refractivity contribution in [2.24, 2.45) is 17.3 Å². The zero-order chi connectivity index (χ0) is 15.8. The minimum absolute atomic E-state index is 0.215. The highest BCUT2D eigenvalue weighted by atomic mass is 15.3. The van der Waals surface area contributed by atoms with Gasteiger partial charge in [0.25, 0.3) is 0 Å². The maximum absolute atomic E-state index is 9.58. The Bertz CT molecular complexity index is 402. The summed E-state index contributed by atoms with van der Waals surface area (Å²) in [4.78, 5) is 5.07. The maximum atomic E-state index is 9.58.